The normalized spacial score (nSPS) is 12.1. The maximum Gasteiger partial charge on any atom is 0.326 e. The number of nitrogens with two attached hydrogens (primary N) is 2. The Kier molecular flexibility index (Phi) is 2.51. The van der Waals surface area contributed by atoms with Gasteiger partial charge in [-0.2, -0.15) is 0 Å². The summed E-state index contributed by atoms with van der Waals surface area (Å²) in [6.07, 6.45) is 0. The van der Waals surface area contributed by atoms with Crippen molar-refractivity contribution < 1.29 is 14.7 Å². The van der Waals surface area contributed by atoms with Crippen molar-refractivity contribution in [2.24, 2.45) is 11.5 Å². The fourth-order valence-electron chi connectivity index (χ4n) is 0.277. The van der Waals surface area contributed by atoms with Gasteiger partial charge in [-0.1, -0.05) is 0 Å². The molecule has 0 heterocycles. The Labute approximate surface area is 56.3 Å². The summed E-state index contributed by atoms with van der Waals surface area (Å²) < 4.78 is 0. The van der Waals surface area contributed by atoms with Crippen LogP contribution in [0.1, 0.15) is 0 Å². The fourth-order valence-corrected chi connectivity index (χ4v) is 0.277. The molecule has 1 unspecified atom stereocenters. The molecule has 0 fully saturated rings. The quantitative estimate of drug-likeness (QED) is 0.339. The molecular weight excluding hydrogens is 138 g/mol. The predicted octanol–water partition coefficient (Wildman–Crippen LogP) is -2.10. The van der Waals surface area contributed by atoms with Crippen LogP contribution in [-0.4, -0.2) is 28.7 Å². The molecule has 56 valence electrons. The average molecular weight is 145 g/mol. The number of nitrogens with one attached hydrogen (secondary N) is 1. The van der Waals surface area contributed by atoms with Crippen LogP contribution in [0.25, 0.3) is 0 Å². The van der Waals surface area contributed by atoms with E-state index in [1.165, 1.54) is 0 Å². The summed E-state index contributed by atoms with van der Waals surface area (Å²) in [5, 5.41) is 14.8. The highest BCUT2D eigenvalue weighted by molar-refractivity contribution is 6.42. The molecule has 6 nitrogen and oxygen atoms in total. The maximum atomic E-state index is 10.1. The first-order valence-electron chi connectivity index (χ1n) is 2.33. The number of carbonyl (C=O) groups is 2. The highest BCUT2D eigenvalue weighted by atomic mass is 16.4. The van der Waals surface area contributed by atoms with Crippen molar-refractivity contribution >= 4 is 17.6 Å². The van der Waals surface area contributed by atoms with Crippen LogP contribution in [0.4, 0.5) is 0 Å². The van der Waals surface area contributed by atoms with E-state index in [1.807, 2.05) is 0 Å². The average Bonchev–Trinajstić information content (AvgIpc) is 1.84. The lowest BCUT2D eigenvalue weighted by Crippen LogP contribution is -2.44. The van der Waals surface area contributed by atoms with Gasteiger partial charge in [-0.3, -0.25) is 15.0 Å². The lowest BCUT2D eigenvalue weighted by molar-refractivity contribution is -0.137. The summed E-state index contributed by atoms with van der Waals surface area (Å²) in [4.78, 5) is 20.1. The van der Waals surface area contributed by atoms with Gasteiger partial charge in [0.25, 0.3) is 5.91 Å². The number of rotatable bonds is 3. The molecule has 6 heteroatoms. The molecule has 1 amide bonds. The summed E-state index contributed by atoms with van der Waals surface area (Å²) >= 11 is 0. The zero-order valence-corrected chi connectivity index (χ0v) is 5.00. The van der Waals surface area contributed by atoms with Crippen molar-refractivity contribution in [3.05, 3.63) is 0 Å². The molecule has 6 N–H and O–H groups in total. The summed E-state index contributed by atoms with van der Waals surface area (Å²) in [7, 11) is 0. The van der Waals surface area contributed by atoms with E-state index in [1.54, 1.807) is 0 Å². The maximum absolute atomic E-state index is 10.1. The van der Waals surface area contributed by atoms with E-state index in [0.717, 1.165) is 0 Å². The lowest BCUT2D eigenvalue weighted by atomic mass is 10.2. The van der Waals surface area contributed by atoms with Crippen molar-refractivity contribution in [2.75, 3.05) is 0 Å². The van der Waals surface area contributed by atoms with Crippen LogP contribution < -0.4 is 11.5 Å². The first kappa shape index (κ1) is 8.57. The van der Waals surface area contributed by atoms with Gasteiger partial charge in [0.15, 0.2) is 6.04 Å². The zero-order chi connectivity index (χ0) is 8.31. The highest BCUT2D eigenvalue weighted by Crippen LogP contribution is 1.80. The summed E-state index contributed by atoms with van der Waals surface area (Å²) in [6.45, 7) is 0. The van der Waals surface area contributed by atoms with Crippen LogP contribution in [0.2, 0.25) is 0 Å². The van der Waals surface area contributed by atoms with E-state index in [9.17, 15) is 9.59 Å². The molecule has 0 aromatic heterocycles. The summed E-state index contributed by atoms with van der Waals surface area (Å²) in [6, 6.07) is -1.61. The lowest BCUT2D eigenvalue weighted by Gasteiger charge is -2.02. The third-order valence-electron chi connectivity index (χ3n) is 0.843. The minimum Gasteiger partial charge on any atom is -0.480 e. The number of amides is 1. The molecule has 0 spiro atoms. The number of carbonyl (C=O) groups excluding carboxylic acids is 1. The number of hydrogen-bond acceptors (Lipinski definition) is 4. The molecule has 0 aliphatic carbocycles. The first-order valence-corrected chi connectivity index (χ1v) is 2.33. The van der Waals surface area contributed by atoms with Crippen LogP contribution in [0.3, 0.4) is 0 Å². The van der Waals surface area contributed by atoms with Gasteiger partial charge in [-0.25, -0.2) is 0 Å². The van der Waals surface area contributed by atoms with Crippen LogP contribution in [0, 0.1) is 5.41 Å². The molecule has 0 radical (unpaired) electrons. The van der Waals surface area contributed by atoms with Crippen LogP contribution in [0.15, 0.2) is 0 Å². The van der Waals surface area contributed by atoms with Gasteiger partial charge >= 0.3 is 5.97 Å². The smallest absolute Gasteiger partial charge is 0.326 e. The van der Waals surface area contributed by atoms with Crippen molar-refractivity contribution in [2.45, 2.75) is 6.04 Å². The number of aliphatic carboxylic acids is 1. The second kappa shape index (κ2) is 2.92. The minimum atomic E-state index is -1.61. The Morgan fingerprint density at radius 1 is 1.50 bits per heavy atom. The van der Waals surface area contributed by atoms with Crippen molar-refractivity contribution in [1.82, 2.24) is 0 Å². The highest BCUT2D eigenvalue weighted by Gasteiger charge is 2.21. The van der Waals surface area contributed by atoms with Gasteiger partial charge < -0.3 is 16.6 Å². The molecule has 0 aromatic carbocycles. The molecular formula is C4H7N3O3. The molecule has 0 saturated heterocycles. The van der Waals surface area contributed by atoms with E-state index >= 15 is 0 Å². The topological polar surface area (TPSA) is 130 Å². The van der Waals surface area contributed by atoms with E-state index in [0.29, 0.717) is 0 Å². The molecule has 0 aliphatic rings. The van der Waals surface area contributed by atoms with Crippen molar-refractivity contribution in [1.29, 1.82) is 5.41 Å². The molecule has 0 bridgehead atoms. The van der Waals surface area contributed by atoms with Crippen LogP contribution in [0.5, 0.6) is 0 Å². The molecule has 1 atom stereocenters. The second-order valence-electron chi connectivity index (χ2n) is 1.59. The van der Waals surface area contributed by atoms with Gasteiger partial charge in [0.05, 0.1) is 0 Å². The predicted molar refractivity (Wildman–Crippen MR) is 32.5 cm³/mol. The van der Waals surface area contributed by atoms with Crippen molar-refractivity contribution in [3.8, 4) is 0 Å². The molecule has 0 rings (SSSR count). The third-order valence-corrected chi connectivity index (χ3v) is 0.843. The van der Waals surface area contributed by atoms with E-state index < -0.39 is 23.6 Å². The zero-order valence-electron chi connectivity index (χ0n) is 5.00. The Balaban J connectivity index is 4.22. The Morgan fingerprint density at radius 2 is 1.90 bits per heavy atom. The molecule has 10 heavy (non-hydrogen) atoms. The summed E-state index contributed by atoms with van der Waals surface area (Å²) in [5.74, 6) is -2.56. The molecule has 0 saturated carbocycles. The summed E-state index contributed by atoms with van der Waals surface area (Å²) in [5.41, 5.74) is 8.61. The standard InChI is InChI=1S/C4H7N3O3/c5-1(3(7)8)2(6)4(9)10/h2,5H,6H2,(H2,7,8)(H,9,10). The van der Waals surface area contributed by atoms with E-state index in [4.69, 9.17) is 16.2 Å². The first-order chi connectivity index (χ1) is 4.46. The largest absolute Gasteiger partial charge is 0.480 e. The van der Waals surface area contributed by atoms with Crippen LogP contribution >= 0.6 is 0 Å². The van der Waals surface area contributed by atoms with Gasteiger partial charge in [0.1, 0.15) is 5.71 Å². The van der Waals surface area contributed by atoms with Gasteiger partial charge in [0, 0.05) is 0 Å². The van der Waals surface area contributed by atoms with E-state index in [-0.39, 0.29) is 0 Å². The minimum absolute atomic E-state index is 0.799. The van der Waals surface area contributed by atoms with Gasteiger partial charge in [-0.15, -0.1) is 0 Å². The monoisotopic (exact) mass is 145 g/mol. The Bertz CT molecular complexity index is 188. The second-order valence-corrected chi connectivity index (χ2v) is 1.59. The number of primary amides is 1. The fraction of sp³-hybridized carbons (Fsp3) is 0.250. The molecule has 0 aliphatic heterocycles. The van der Waals surface area contributed by atoms with Crippen LogP contribution in [-0.2, 0) is 9.59 Å². The Morgan fingerprint density at radius 3 is 2.00 bits per heavy atom. The third kappa shape index (κ3) is 1.82. The van der Waals surface area contributed by atoms with E-state index in [2.05, 4.69) is 5.73 Å². The van der Waals surface area contributed by atoms with Crippen molar-refractivity contribution in [3.63, 3.8) is 0 Å². The van der Waals surface area contributed by atoms with Gasteiger partial charge in [0.2, 0.25) is 0 Å². The number of hydrogen-bond donors (Lipinski definition) is 4. The molecule has 0 aromatic rings. The SMILES string of the molecule is N=C(C(N)=O)C(N)C(=O)O. The number of carboxylic acid groups (broad SMARTS) is 1. The van der Waals surface area contributed by atoms with Gasteiger partial charge in [-0.05, 0) is 0 Å². The Hall–Kier alpha value is -1.43. The number of carboxylic acids is 1.